The lowest BCUT2D eigenvalue weighted by Crippen LogP contribution is -2.37. The van der Waals surface area contributed by atoms with Crippen molar-refractivity contribution < 1.29 is 14.6 Å². The van der Waals surface area contributed by atoms with E-state index in [4.69, 9.17) is 4.74 Å². The van der Waals surface area contributed by atoms with Crippen LogP contribution in [0.25, 0.3) is 0 Å². The second-order valence-electron chi connectivity index (χ2n) is 6.38. The van der Waals surface area contributed by atoms with Gasteiger partial charge < -0.3 is 14.7 Å². The van der Waals surface area contributed by atoms with Crippen molar-refractivity contribution in [1.29, 1.82) is 0 Å². The number of β-amino-alcohol motifs (C(OH)–C–C–N with tert-alkyl or cyclic N) is 1. The molecule has 24 heavy (non-hydrogen) atoms. The second-order valence-corrected chi connectivity index (χ2v) is 6.38. The number of carbonyl (C=O) groups is 1. The summed E-state index contributed by atoms with van der Waals surface area (Å²) in [5.74, 6) is 0.506. The van der Waals surface area contributed by atoms with Crippen molar-refractivity contribution in [2.75, 3.05) is 19.7 Å². The molecule has 2 aromatic rings. The molecule has 1 N–H and O–H groups in total. The van der Waals surface area contributed by atoms with Crippen LogP contribution in [0, 0.1) is 0 Å². The van der Waals surface area contributed by atoms with E-state index in [1.807, 2.05) is 32.0 Å². The first-order valence-electron chi connectivity index (χ1n) is 8.08. The number of benzene rings is 1. The molecule has 1 aliphatic heterocycles. The van der Waals surface area contributed by atoms with Gasteiger partial charge in [0.1, 0.15) is 17.0 Å². The molecule has 7 heteroatoms. The number of aliphatic hydroxyl groups is 1. The highest BCUT2D eigenvalue weighted by Gasteiger charge is 2.42. The van der Waals surface area contributed by atoms with Gasteiger partial charge in [-0.25, -0.2) is 4.68 Å². The topological polar surface area (TPSA) is 80.5 Å². The molecule has 7 nitrogen and oxygen atoms in total. The number of hydrogen-bond donors (Lipinski definition) is 1. The SMILES string of the molecule is CC(C)n1cc(C2(O)CCN(C(=O)COc3ccccc3)C2)nn1. The van der Waals surface area contributed by atoms with Gasteiger partial charge in [-0.05, 0) is 26.0 Å². The van der Waals surface area contributed by atoms with Gasteiger partial charge in [0.2, 0.25) is 0 Å². The molecular formula is C17H22N4O3. The van der Waals surface area contributed by atoms with Crippen LogP contribution >= 0.6 is 0 Å². The summed E-state index contributed by atoms with van der Waals surface area (Å²) < 4.78 is 7.19. The van der Waals surface area contributed by atoms with Crippen LogP contribution in [0.4, 0.5) is 0 Å². The van der Waals surface area contributed by atoms with Gasteiger partial charge in [0, 0.05) is 19.0 Å². The van der Waals surface area contributed by atoms with Crippen LogP contribution in [0.1, 0.15) is 32.0 Å². The molecule has 1 fully saturated rings. The van der Waals surface area contributed by atoms with Crippen molar-refractivity contribution in [3.05, 3.63) is 42.2 Å². The first-order chi connectivity index (χ1) is 11.5. The Kier molecular flexibility index (Phi) is 4.53. The van der Waals surface area contributed by atoms with E-state index >= 15 is 0 Å². The van der Waals surface area contributed by atoms with Gasteiger partial charge in [0.15, 0.2) is 6.61 Å². The number of carbonyl (C=O) groups excluding carboxylic acids is 1. The van der Waals surface area contributed by atoms with Crippen LogP contribution in [0.2, 0.25) is 0 Å². The Balaban J connectivity index is 1.60. The van der Waals surface area contributed by atoms with Crippen LogP contribution < -0.4 is 4.74 Å². The minimum Gasteiger partial charge on any atom is -0.484 e. The van der Waals surface area contributed by atoms with E-state index in [1.54, 1.807) is 27.9 Å². The smallest absolute Gasteiger partial charge is 0.260 e. The number of aromatic nitrogens is 3. The molecule has 1 amide bonds. The predicted octanol–water partition coefficient (Wildman–Crippen LogP) is 1.36. The summed E-state index contributed by atoms with van der Waals surface area (Å²) in [6, 6.07) is 9.38. The maximum Gasteiger partial charge on any atom is 0.260 e. The molecule has 0 spiro atoms. The fourth-order valence-corrected chi connectivity index (χ4v) is 2.71. The molecule has 0 saturated carbocycles. The quantitative estimate of drug-likeness (QED) is 0.895. The lowest BCUT2D eigenvalue weighted by Gasteiger charge is -2.21. The van der Waals surface area contributed by atoms with Crippen LogP contribution in [0.3, 0.4) is 0 Å². The highest BCUT2D eigenvalue weighted by Crippen LogP contribution is 2.30. The number of rotatable bonds is 5. The molecule has 1 aliphatic rings. The third-order valence-electron chi connectivity index (χ3n) is 4.22. The van der Waals surface area contributed by atoms with E-state index in [1.165, 1.54) is 0 Å². The van der Waals surface area contributed by atoms with Gasteiger partial charge >= 0.3 is 0 Å². The van der Waals surface area contributed by atoms with Crippen molar-refractivity contribution in [3.63, 3.8) is 0 Å². The van der Waals surface area contributed by atoms with Crippen LogP contribution in [-0.4, -0.2) is 50.6 Å². The van der Waals surface area contributed by atoms with Gasteiger partial charge in [0.05, 0.1) is 12.7 Å². The molecular weight excluding hydrogens is 308 g/mol. The Morgan fingerprint density at radius 3 is 2.79 bits per heavy atom. The second kappa shape index (κ2) is 6.60. The van der Waals surface area contributed by atoms with Crippen LogP contribution in [-0.2, 0) is 10.4 Å². The van der Waals surface area contributed by atoms with Gasteiger partial charge in [-0.2, -0.15) is 0 Å². The minimum atomic E-state index is -1.14. The lowest BCUT2D eigenvalue weighted by molar-refractivity contribution is -0.133. The summed E-state index contributed by atoms with van der Waals surface area (Å²) in [7, 11) is 0. The fraction of sp³-hybridized carbons (Fsp3) is 0.471. The molecule has 1 atom stereocenters. The number of para-hydroxylation sites is 1. The Bertz CT molecular complexity index is 701. The molecule has 0 bridgehead atoms. The molecule has 1 saturated heterocycles. The summed E-state index contributed by atoms with van der Waals surface area (Å²) in [6.45, 7) is 4.63. The zero-order valence-corrected chi connectivity index (χ0v) is 13.9. The number of amides is 1. The maximum absolute atomic E-state index is 12.3. The van der Waals surface area contributed by atoms with Gasteiger partial charge in [-0.15, -0.1) is 5.10 Å². The fourth-order valence-electron chi connectivity index (χ4n) is 2.71. The molecule has 1 aromatic heterocycles. The van der Waals surface area contributed by atoms with Crippen LogP contribution in [0.15, 0.2) is 36.5 Å². The standard InChI is InChI=1S/C17H22N4O3/c1-13(2)21-10-15(18-19-21)17(23)8-9-20(12-17)16(22)11-24-14-6-4-3-5-7-14/h3-7,10,13,23H,8-9,11-12H2,1-2H3. The third kappa shape index (κ3) is 3.41. The number of ether oxygens (including phenoxy) is 1. The first kappa shape index (κ1) is 16.4. The highest BCUT2D eigenvalue weighted by atomic mass is 16.5. The summed E-state index contributed by atoms with van der Waals surface area (Å²) in [4.78, 5) is 13.9. The number of nitrogens with zero attached hydrogens (tertiary/aromatic N) is 4. The van der Waals surface area contributed by atoms with E-state index in [0.717, 1.165) is 0 Å². The lowest BCUT2D eigenvalue weighted by atomic mass is 10.00. The summed E-state index contributed by atoms with van der Waals surface area (Å²) in [6.07, 6.45) is 2.19. The van der Waals surface area contributed by atoms with Crippen molar-refractivity contribution in [2.45, 2.75) is 31.9 Å². The average Bonchev–Trinajstić information content (AvgIpc) is 3.22. The maximum atomic E-state index is 12.3. The van der Waals surface area contributed by atoms with E-state index in [2.05, 4.69) is 10.3 Å². The Hall–Kier alpha value is -2.41. The zero-order chi connectivity index (χ0) is 17.2. The van der Waals surface area contributed by atoms with E-state index in [-0.39, 0.29) is 25.1 Å². The van der Waals surface area contributed by atoms with E-state index in [9.17, 15) is 9.90 Å². The number of likely N-dealkylation sites (tertiary alicyclic amines) is 1. The van der Waals surface area contributed by atoms with Crippen LogP contribution in [0.5, 0.6) is 5.75 Å². The predicted molar refractivity (Wildman–Crippen MR) is 87.4 cm³/mol. The van der Waals surface area contributed by atoms with Crippen molar-refractivity contribution in [2.24, 2.45) is 0 Å². The molecule has 2 heterocycles. The highest BCUT2D eigenvalue weighted by molar-refractivity contribution is 5.78. The van der Waals surface area contributed by atoms with Crippen molar-refractivity contribution >= 4 is 5.91 Å². The molecule has 128 valence electrons. The Morgan fingerprint density at radius 2 is 2.12 bits per heavy atom. The van der Waals surface area contributed by atoms with Gasteiger partial charge in [0.25, 0.3) is 5.91 Å². The van der Waals surface area contributed by atoms with Crippen molar-refractivity contribution in [3.8, 4) is 5.75 Å². The normalized spacial score (nSPS) is 20.6. The largest absolute Gasteiger partial charge is 0.484 e. The monoisotopic (exact) mass is 330 g/mol. The minimum absolute atomic E-state index is 0.0429. The van der Waals surface area contributed by atoms with E-state index < -0.39 is 5.60 Å². The summed E-state index contributed by atoms with van der Waals surface area (Å²) in [5, 5.41) is 18.9. The zero-order valence-electron chi connectivity index (χ0n) is 13.9. The Labute approximate surface area is 140 Å². The van der Waals surface area contributed by atoms with Gasteiger partial charge in [-0.3, -0.25) is 4.79 Å². The average molecular weight is 330 g/mol. The van der Waals surface area contributed by atoms with Gasteiger partial charge in [-0.1, -0.05) is 23.4 Å². The summed E-state index contributed by atoms with van der Waals surface area (Å²) in [5.41, 5.74) is -0.634. The first-order valence-corrected chi connectivity index (χ1v) is 8.08. The third-order valence-corrected chi connectivity index (χ3v) is 4.22. The summed E-state index contributed by atoms with van der Waals surface area (Å²) >= 11 is 0. The Morgan fingerprint density at radius 1 is 1.38 bits per heavy atom. The number of hydrogen-bond acceptors (Lipinski definition) is 5. The molecule has 1 aromatic carbocycles. The molecule has 3 rings (SSSR count). The van der Waals surface area contributed by atoms with E-state index in [0.29, 0.717) is 24.4 Å². The van der Waals surface area contributed by atoms with Crippen molar-refractivity contribution in [1.82, 2.24) is 19.9 Å². The molecule has 1 unspecified atom stereocenters. The molecule has 0 aliphatic carbocycles. The molecule has 0 radical (unpaired) electrons.